The number of aromatic nitrogens is 4. The summed E-state index contributed by atoms with van der Waals surface area (Å²) < 4.78 is 9.93. The molecule has 0 spiro atoms. The summed E-state index contributed by atoms with van der Waals surface area (Å²) in [5, 5.41) is 6.72. The molecule has 0 radical (unpaired) electrons. The Bertz CT molecular complexity index is 527. The van der Waals surface area contributed by atoms with Crippen LogP contribution in [0.5, 0.6) is 0 Å². The lowest BCUT2D eigenvalue weighted by Crippen LogP contribution is -2.07. The lowest BCUT2D eigenvalue weighted by Gasteiger charge is -2.06. The molecule has 2 aromatic heterocycles. The van der Waals surface area contributed by atoms with Crippen molar-refractivity contribution in [1.29, 1.82) is 0 Å². The Labute approximate surface area is 104 Å². The summed E-state index contributed by atoms with van der Waals surface area (Å²) in [6, 6.07) is 1.63. The molecule has 96 valence electrons. The zero-order valence-electron chi connectivity index (χ0n) is 10.2. The molecule has 0 amide bonds. The normalized spacial score (nSPS) is 10.6. The molecular weight excluding hydrogens is 236 g/mol. The van der Waals surface area contributed by atoms with E-state index in [4.69, 9.17) is 15.0 Å². The molecule has 0 atom stereocenters. The maximum Gasteiger partial charge on any atom is 0.245 e. The van der Waals surface area contributed by atoms with E-state index in [9.17, 15) is 0 Å². The average molecular weight is 250 g/mol. The summed E-state index contributed by atoms with van der Waals surface area (Å²) in [6.45, 7) is 2.44. The topological polar surface area (TPSA) is 112 Å². The van der Waals surface area contributed by atoms with E-state index in [1.165, 1.54) is 0 Å². The highest BCUT2D eigenvalue weighted by Crippen LogP contribution is 2.10. The van der Waals surface area contributed by atoms with Gasteiger partial charge in [-0.15, -0.1) is 0 Å². The van der Waals surface area contributed by atoms with Gasteiger partial charge in [-0.25, -0.2) is 9.97 Å². The van der Waals surface area contributed by atoms with Crippen molar-refractivity contribution >= 4 is 11.6 Å². The molecule has 18 heavy (non-hydrogen) atoms. The van der Waals surface area contributed by atoms with Crippen LogP contribution in [0.1, 0.15) is 17.5 Å². The molecule has 0 aliphatic carbocycles. The molecule has 2 heterocycles. The van der Waals surface area contributed by atoms with Gasteiger partial charge in [-0.05, 0) is 6.92 Å². The van der Waals surface area contributed by atoms with Crippen molar-refractivity contribution in [2.45, 2.75) is 20.1 Å². The summed E-state index contributed by atoms with van der Waals surface area (Å²) >= 11 is 0. The van der Waals surface area contributed by atoms with Crippen LogP contribution in [0.3, 0.4) is 0 Å². The van der Waals surface area contributed by atoms with Gasteiger partial charge in [0.05, 0.1) is 6.54 Å². The predicted molar refractivity (Wildman–Crippen MR) is 63.5 cm³/mol. The number of hydrogen-bond acceptors (Lipinski definition) is 8. The van der Waals surface area contributed by atoms with Gasteiger partial charge >= 0.3 is 0 Å². The van der Waals surface area contributed by atoms with Gasteiger partial charge in [0, 0.05) is 13.2 Å². The second-order valence-corrected chi connectivity index (χ2v) is 3.62. The monoisotopic (exact) mass is 250 g/mol. The first-order valence-corrected chi connectivity index (χ1v) is 5.33. The lowest BCUT2D eigenvalue weighted by molar-refractivity contribution is 0.178. The fourth-order valence-electron chi connectivity index (χ4n) is 1.38. The van der Waals surface area contributed by atoms with Gasteiger partial charge in [-0.1, -0.05) is 5.16 Å². The van der Waals surface area contributed by atoms with Crippen LogP contribution in [0.15, 0.2) is 10.6 Å². The fraction of sp³-hybridized carbons (Fsp3) is 0.400. The molecule has 3 N–H and O–H groups in total. The Morgan fingerprint density at radius 1 is 1.39 bits per heavy atom. The molecule has 8 heteroatoms. The highest BCUT2D eigenvalue weighted by Gasteiger charge is 2.05. The van der Waals surface area contributed by atoms with Crippen molar-refractivity contribution in [3.05, 3.63) is 23.6 Å². The van der Waals surface area contributed by atoms with E-state index in [0.717, 1.165) is 0 Å². The van der Waals surface area contributed by atoms with Crippen molar-refractivity contribution in [2.24, 2.45) is 0 Å². The van der Waals surface area contributed by atoms with E-state index in [2.05, 4.69) is 25.4 Å². The van der Waals surface area contributed by atoms with Crippen LogP contribution in [0.2, 0.25) is 0 Å². The highest BCUT2D eigenvalue weighted by atomic mass is 16.5. The quantitative estimate of drug-likeness (QED) is 0.789. The van der Waals surface area contributed by atoms with Crippen LogP contribution in [0, 0.1) is 6.92 Å². The van der Waals surface area contributed by atoms with Gasteiger partial charge < -0.3 is 20.3 Å². The van der Waals surface area contributed by atoms with Crippen LogP contribution in [0.25, 0.3) is 0 Å². The molecule has 0 saturated carbocycles. The van der Waals surface area contributed by atoms with Crippen molar-refractivity contribution in [2.75, 3.05) is 18.2 Å². The van der Waals surface area contributed by atoms with Crippen LogP contribution < -0.4 is 11.1 Å². The standard InChI is InChI=1S/C10H14N6O2/c1-6-13-10(18-16-6)4-12-8-3-7(11)14-9(15-8)5-17-2/h3H,4-5H2,1-2H3,(H3,11,12,14,15). The van der Waals surface area contributed by atoms with Crippen LogP contribution in [0.4, 0.5) is 11.6 Å². The summed E-state index contributed by atoms with van der Waals surface area (Å²) in [5.74, 6) is 2.56. The minimum absolute atomic E-state index is 0.305. The average Bonchev–Trinajstić information content (AvgIpc) is 2.72. The van der Waals surface area contributed by atoms with Crippen LogP contribution in [-0.2, 0) is 17.9 Å². The van der Waals surface area contributed by atoms with Gasteiger partial charge in [-0.3, -0.25) is 0 Å². The molecule has 0 aromatic carbocycles. The number of aryl methyl sites for hydroxylation is 1. The fourth-order valence-corrected chi connectivity index (χ4v) is 1.38. The second kappa shape index (κ2) is 5.41. The summed E-state index contributed by atoms with van der Waals surface area (Å²) in [7, 11) is 1.57. The number of nitrogens with zero attached hydrogens (tertiary/aromatic N) is 4. The van der Waals surface area contributed by atoms with Crippen molar-refractivity contribution in [3.63, 3.8) is 0 Å². The maximum atomic E-state index is 5.66. The predicted octanol–water partition coefficient (Wildman–Crippen LogP) is 0.509. The molecule has 0 aliphatic heterocycles. The van der Waals surface area contributed by atoms with E-state index >= 15 is 0 Å². The first-order valence-electron chi connectivity index (χ1n) is 5.33. The minimum atomic E-state index is 0.305. The van der Waals surface area contributed by atoms with Gasteiger partial charge in [0.2, 0.25) is 5.89 Å². The zero-order valence-corrected chi connectivity index (χ0v) is 10.2. The van der Waals surface area contributed by atoms with Crippen LogP contribution in [-0.4, -0.2) is 27.2 Å². The molecule has 8 nitrogen and oxygen atoms in total. The Balaban J connectivity index is 2.04. The number of nitrogens with two attached hydrogens (primary N) is 1. The van der Waals surface area contributed by atoms with Crippen LogP contribution >= 0.6 is 0 Å². The number of hydrogen-bond donors (Lipinski definition) is 2. The Morgan fingerprint density at radius 3 is 2.89 bits per heavy atom. The zero-order chi connectivity index (χ0) is 13.0. The smallest absolute Gasteiger partial charge is 0.245 e. The van der Waals surface area contributed by atoms with Crippen molar-refractivity contribution in [3.8, 4) is 0 Å². The lowest BCUT2D eigenvalue weighted by atomic mass is 10.4. The highest BCUT2D eigenvalue weighted by molar-refractivity contribution is 5.44. The number of ether oxygens (including phenoxy) is 1. The van der Waals surface area contributed by atoms with Crippen molar-refractivity contribution < 1.29 is 9.26 Å². The van der Waals surface area contributed by atoms with E-state index in [0.29, 0.717) is 42.3 Å². The van der Waals surface area contributed by atoms with Gasteiger partial charge in [-0.2, -0.15) is 4.98 Å². The Morgan fingerprint density at radius 2 is 2.22 bits per heavy atom. The number of methoxy groups -OCH3 is 1. The molecular formula is C10H14N6O2. The third kappa shape index (κ3) is 3.14. The number of nitrogen functional groups attached to an aromatic ring is 1. The van der Waals surface area contributed by atoms with E-state index < -0.39 is 0 Å². The summed E-state index contributed by atoms with van der Waals surface area (Å²) in [5.41, 5.74) is 5.66. The maximum absolute atomic E-state index is 5.66. The molecule has 0 unspecified atom stereocenters. The summed E-state index contributed by atoms with van der Waals surface area (Å²) in [4.78, 5) is 12.3. The molecule has 0 aliphatic rings. The van der Waals surface area contributed by atoms with E-state index in [1.807, 2.05) is 0 Å². The SMILES string of the molecule is COCc1nc(N)cc(NCc2nc(C)no2)n1. The first kappa shape index (κ1) is 12.2. The van der Waals surface area contributed by atoms with Gasteiger partial charge in [0.25, 0.3) is 0 Å². The Hall–Kier alpha value is -2.22. The molecule has 0 bridgehead atoms. The van der Waals surface area contributed by atoms with Gasteiger partial charge in [0.15, 0.2) is 11.6 Å². The van der Waals surface area contributed by atoms with E-state index in [1.54, 1.807) is 20.1 Å². The largest absolute Gasteiger partial charge is 0.384 e. The van der Waals surface area contributed by atoms with E-state index in [-0.39, 0.29) is 0 Å². The molecule has 0 saturated heterocycles. The molecule has 2 rings (SSSR count). The van der Waals surface area contributed by atoms with Gasteiger partial charge in [0.1, 0.15) is 18.2 Å². The minimum Gasteiger partial charge on any atom is -0.384 e. The number of nitrogens with one attached hydrogen (secondary N) is 1. The summed E-state index contributed by atoms with van der Waals surface area (Å²) in [6.07, 6.45) is 0. The molecule has 2 aromatic rings. The molecule has 0 fully saturated rings. The first-order chi connectivity index (χ1) is 8.67. The second-order valence-electron chi connectivity index (χ2n) is 3.62. The number of rotatable bonds is 5. The third-order valence-corrected chi connectivity index (χ3v) is 2.06. The van der Waals surface area contributed by atoms with Crippen molar-refractivity contribution in [1.82, 2.24) is 20.1 Å². The Kier molecular flexibility index (Phi) is 3.68. The number of anilines is 2. The third-order valence-electron chi connectivity index (χ3n) is 2.06.